The summed E-state index contributed by atoms with van der Waals surface area (Å²) in [6.07, 6.45) is 9.48. The third-order valence-electron chi connectivity index (χ3n) is 4.25. The summed E-state index contributed by atoms with van der Waals surface area (Å²) in [4.78, 5) is 18.9. The molecule has 1 fully saturated rings. The fraction of sp³-hybridized carbons (Fsp3) is 0.300. The summed E-state index contributed by atoms with van der Waals surface area (Å²) in [5, 5.41) is 0. The van der Waals surface area contributed by atoms with Gasteiger partial charge in [-0.3, -0.25) is 9.69 Å². The van der Waals surface area contributed by atoms with Gasteiger partial charge in [-0.05, 0) is 55.5 Å². The maximum absolute atomic E-state index is 13.0. The maximum atomic E-state index is 13.0. The number of amides is 1. The number of aromatic nitrogens is 1. The Morgan fingerprint density at radius 1 is 1.38 bits per heavy atom. The number of hydrogen-bond acceptors (Lipinski definition) is 3. The molecule has 1 heterocycles. The molecule has 0 spiro atoms. The number of carbonyl (C=O) groups excluding carboxylic acids is 1. The van der Waals surface area contributed by atoms with Crippen molar-refractivity contribution in [1.29, 1.82) is 0 Å². The van der Waals surface area contributed by atoms with E-state index in [4.69, 9.17) is 11.2 Å². The van der Waals surface area contributed by atoms with Crippen LogP contribution in [0, 0.1) is 12.3 Å². The van der Waals surface area contributed by atoms with E-state index >= 15 is 0 Å². The van der Waals surface area contributed by atoms with Crippen LogP contribution in [0.1, 0.15) is 47.2 Å². The zero-order valence-electron chi connectivity index (χ0n) is 14.0. The zero-order valence-corrected chi connectivity index (χ0v) is 14.0. The van der Waals surface area contributed by atoms with Crippen LogP contribution in [0.5, 0.6) is 5.75 Å². The zero-order chi connectivity index (χ0) is 17.1. The molecule has 0 atom stereocenters. The lowest BCUT2D eigenvalue weighted by molar-refractivity contribution is 0.0984. The number of anilines is 1. The van der Waals surface area contributed by atoms with Crippen LogP contribution in [0.3, 0.4) is 0 Å². The Morgan fingerprint density at radius 2 is 2.17 bits per heavy atom. The number of rotatable bonds is 5. The first-order chi connectivity index (χ1) is 11.7. The Morgan fingerprint density at radius 3 is 2.79 bits per heavy atom. The second-order valence-corrected chi connectivity index (χ2v) is 5.83. The molecule has 0 radical (unpaired) electrons. The molecule has 0 aliphatic heterocycles. The van der Waals surface area contributed by atoms with Crippen molar-refractivity contribution in [3.05, 3.63) is 53.2 Å². The Hall–Kier alpha value is -2.80. The Kier molecular flexibility index (Phi) is 4.52. The number of carbonyl (C=O) groups is 1. The van der Waals surface area contributed by atoms with E-state index in [2.05, 4.69) is 10.9 Å². The minimum absolute atomic E-state index is 0.140. The van der Waals surface area contributed by atoms with E-state index in [0.29, 0.717) is 35.2 Å². The van der Waals surface area contributed by atoms with Gasteiger partial charge in [-0.25, -0.2) is 4.98 Å². The van der Waals surface area contributed by atoms with Crippen molar-refractivity contribution < 1.29 is 9.53 Å². The van der Waals surface area contributed by atoms with Gasteiger partial charge in [-0.1, -0.05) is 12.0 Å². The number of pyridine rings is 1. The van der Waals surface area contributed by atoms with Crippen LogP contribution >= 0.6 is 0 Å². The second kappa shape index (κ2) is 6.76. The maximum Gasteiger partial charge on any atom is 0.263 e. The van der Waals surface area contributed by atoms with Crippen LogP contribution < -0.4 is 9.64 Å². The number of benzene rings is 1. The molecule has 0 saturated heterocycles. The first-order valence-electron chi connectivity index (χ1n) is 8.10. The molecule has 0 N–H and O–H groups in total. The fourth-order valence-corrected chi connectivity index (χ4v) is 2.77. The molecule has 24 heavy (non-hydrogen) atoms. The van der Waals surface area contributed by atoms with E-state index in [9.17, 15) is 4.79 Å². The van der Waals surface area contributed by atoms with Gasteiger partial charge >= 0.3 is 0 Å². The minimum atomic E-state index is -0.140. The van der Waals surface area contributed by atoms with E-state index in [-0.39, 0.29) is 5.91 Å². The molecule has 122 valence electrons. The molecule has 2 aromatic rings. The van der Waals surface area contributed by atoms with Gasteiger partial charge in [0.15, 0.2) is 0 Å². The van der Waals surface area contributed by atoms with E-state index < -0.39 is 0 Å². The van der Waals surface area contributed by atoms with Crippen LogP contribution in [-0.4, -0.2) is 24.5 Å². The third kappa shape index (κ3) is 3.11. The van der Waals surface area contributed by atoms with Crippen LogP contribution in [0.25, 0.3) is 0 Å². The number of nitrogens with zero attached hydrogens (tertiary/aromatic N) is 2. The molecule has 1 aliphatic rings. The third-order valence-corrected chi connectivity index (χ3v) is 4.25. The first-order valence-corrected chi connectivity index (χ1v) is 8.10. The fourth-order valence-electron chi connectivity index (χ4n) is 2.77. The topological polar surface area (TPSA) is 42.4 Å². The molecule has 0 unspecified atom stereocenters. The number of ether oxygens (including phenoxy) is 1. The normalized spacial score (nSPS) is 13.2. The first kappa shape index (κ1) is 16.1. The standard InChI is InChI=1S/C20H20N2O2/c1-4-14-10-11-21-19(12-14)22(5-2)20(23)17-9-8-16(15-6-7-15)13-18(17)24-3/h1,8-13,15H,5-7H2,2-3H3. The molecule has 3 rings (SSSR count). The van der Waals surface area contributed by atoms with Gasteiger partial charge in [0.2, 0.25) is 0 Å². The summed E-state index contributed by atoms with van der Waals surface area (Å²) < 4.78 is 5.46. The van der Waals surface area contributed by atoms with Gasteiger partial charge in [0.25, 0.3) is 5.91 Å². The summed E-state index contributed by atoms with van der Waals surface area (Å²) in [6.45, 7) is 2.40. The van der Waals surface area contributed by atoms with Crippen LogP contribution in [-0.2, 0) is 0 Å². The van der Waals surface area contributed by atoms with Gasteiger partial charge in [0.1, 0.15) is 11.6 Å². The Labute approximate surface area is 142 Å². The minimum Gasteiger partial charge on any atom is -0.496 e. The van der Waals surface area contributed by atoms with Gasteiger partial charge in [0.05, 0.1) is 12.7 Å². The smallest absolute Gasteiger partial charge is 0.263 e. The number of methoxy groups -OCH3 is 1. The molecule has 1 aromatic heterocycles. The molecule has 1 aromatic carbocycles. The highest BCUT2D eigenvalue weighted by molar-refractivity contribution is 6.07. The Bertz CT molecular complexity index is 804. The van der Waals surface area contributed by atoms with Gasteiger partial charge in [-0.2, -0.15) is 0 Å². The van der Waals surface area contributed by atoms with E-state index in [1.165, 1.54) is 18.4 Å². The largest absolute Gasteiger partial charge is 0.496 e. The predicted octanol–water partition coefficient (Wildman–Crippen LogP) is 3.62. The number of hydrogen-bond donors (Lipinski definition) is 0. The van der Waals surface area contributed by atoms with Crippen molar-refractivity contribution >= 4 is 11.7 Å². The van der Waals surface area contributed by atoms with Crippen molar-refractivity contribution in [2.75, 3.05) is 18.6 Å². The monoisotopic (exact) mass is 320 g/mol. The van der Waals surface area contributed by atoms with Crippen molar-refractivity contribution in [1.82, 2.24) is 4.98 Å². The molecule has 4 heteroatoms. The van der Waals surface area contributed by atoms with E-state index in [1.54, 1.807) is 30.3 Å². The summed E-state index contributed by atoms with van der Waals surface area (Å²) in [7, 11) is 1.59. The molecule has 0 bridgehead atoms. The van der Waals surface area contributed by atoms with E-state index in [1.807, 2.05) is 25.1 Å². The molecule has 1 amide bonds. The van der Waals surface area contributed by atoms with Crippen molar-refractivity contribution in [2.45, 2.75) is 25.7 Å². The van der Waals surface area contributed by atoms with Gasteiger partial charge in [-0.15, -0.1) is 6.42 Å². The Balaban J connectivity index is 1.95. The number of terminal acetylenes is 1. The van der Waals surface area contributed by atoms with Crippen LogP contribution in [0.4, 0.5) is 5.82 Å². The second-order valence-electron chi connectivity index (χ2n) is 5.83. The van der Waals surface area contributed by atoms with Crippen molar-refractivity contribution in [3.8, 4) is 18.1 Å². The van der Waals surface area contributed by atoms with E-state index in [0.717, 1.165) is 0 Å². The van der Waals surface area contributed by atoms with Crippen LogP contribution in [0.2, 0.25) is 0 Å². The van der Waals surface area contributed by atoms with Crippen LogP contribution in [0.15, 0.2) is 36.5 Å². The molecule has 1 aliphatic carbocycles. The summed E-state index contributed by atoms with van der Waals surface area (Å²) in [5.74, 6) is 4.20. The van der Waals surface area contributed by atoms with Crippen molar-refractivity contribution in [3.63, 3.8) is 0 Å². The summed E-state index contributed by atoms with van der Waals surface area (Å²) in [5.41, 5.74) is 2.47. The average Bonchev–Trinajstić information content (AvgIpc) is 3.47. The molecular formula is C20H20N2O2. The predicted molar refractivity (Wildman–Crippen MR) is 94.5 cm³/mol. The highest BCUT2D eigenvalue weighted by atomic mass is 16.5. The quantitative estimate of drug-likeness (QED) is 0.790. The molecule has 1 saturated carbocycles. The highest BCUT2D eigenvalue weighted by Crippen LogP contribution is 2.41. The SMILES string of the molecule is C#Cc1ccnc(N(CC)C(=O)c2ccc(C3CC3)cc2OC)c1. The van der Waals surface area contributed by atoms with Gasteiger partial charge in [0, 0.05) is 18.3 Å². The molecule has 4 nitrogen and oxygen atoms in total. The lowest BCUT2D eigenvalue weighted by Crippen LogP contribution is -2.31. The van der Waals surface area contributed by atoms with Gasteiger partial charge < -0.3 is 4.74 Å². The highest BCUT2D eigenvalue weighted by Gasteiger charge is 2.26. The lowest BCUT2D eigenvalue weighted by atomic mass is 10.1. The van der Waals surface area contributed by atoms with Crippen molar-refractivity contribution in [2.24, 2.45) is 0 Å². The average molecular weight is 320 g/mol. The lowest BCUT2D eigenvalue weighted by Gasteiger charge is -2.21. The summed E-state index contributed by atoms with van der Waals surface area (Å²) in [6, 6.07) is 9.33. The summed E-state index contributed by atoms with van der Waals surface area (Å²) >= 11 is 0. The molecular weight excluding hydrogens is 300 g/mol.